The molecule has 0 fully saturated rings. The van der Waals surface area contributed by atoms with Crippen LogP contribution in [0.4, 0.5) is 0 Å². The molecular weight excluding hydrogens is 785 g/mol. The molecule has 0 aliphatic carbocycles. The second-order valence-corrected chi connectivity index (χ2v) is 22.4. The van der Waals surface area contributed by atoms with Gasteiger partial charge in [0, 0.05) is 28.3 Å². The maximum atomic E-state index is 6.27. The lowest BCUT2D eigenvalue weighted by molar-refractivity contribution is 0.0833. The lowest BCUT2D eigenvalue weighted by Gasteiger charge is -2.35. The number of hydrogen-bond acceptors (Lipinski definition) is 4. The van der Waals surface area contributed by atoms with Crippen LogP contribution in [0.1, 0.15) is 168 Å². The predicted octanol–water partition coefficient (Wildman–Crippen LogP) is 15.8. The van der Waals surface area contributed by atoms with Crippen molar-refractivity contribution in [3.8, 4) is 23.0 Å². The third-order valence-corrected chi connectivity index (χ3v) is 16.0. The van der Waals surface area contributed by atoms with Crippen molar-refractivity contribution >= 4 is 10.8 Å². The maximum Gasteiger partial charge on any atom is 0.131 e. The van der Waals surface area contributed by atoms with Gasteiger partial charge in [0.15, 0.2) is 0 Å². The van der Waals surface area contributed by atoms with Crippen LogP contribution >= 0.6 is 0 Å². The van der Waals surface area contributed by atoms with Gasteiger partial charge in [-0.3, -0.25) is 0 Å². The first-order valence-electron chi connectivity index (χ1n) is 24.0. The molecule has 0 N–H and O–H groups in total. The van der Waals surface area contributed by atoms with Gasteiger partial charge in [-0.15, -0.1) is 0 Å². The number of ether oxygens (including phenoxy) is 4. The summed E-state index contributed by atoms with van der Waals surface area (Å²) in [5, 5.41) is 2.59. The summed E-state index contributed by atoms with van der Waals surface area (Å²) in [4.78, 5) is 0. The average Bonchev–Trinajstić information content (AvgIpc) is 3.75. The zero-order chi connectivity index (χ0) is 47.8. The molecule has 0 atom stereocenters. The van der Waals surface area contributed by atoms with Gasteiger partial charge in [-0.2, -0.15) is 0 Å². The molecule has 4 nitrogen and oxygen atoms in total. The van der Waals surface area contributed by atoms with Crippen LogP contribution in [0.2, 0.25) is 0 Å². The standard InChI is InChI=1S/C17H20O.C15H22O.2C14H20O/c1-11-12(2)14-9-10-17(3,4)18-16(14)15-8-6-5-7-13(11)15;1-9-10(2)12(4)14-13(11(9)3)7-8-15(5,6)16-14;1-8-9(2)11(4)13-12(10(8)3)14(5,6)7-15-13;1-8-9(2)11(4)13-12(10(8)3)7-14(5,6)15-13/h5-8H,9-10H2,1-4H3;7-8H2,1-6H3;2*7H2,1-6H3. The Bertz CT molecular complexity index is 2610. The highest BCUT2D eigenvalue weighted by Gasteiger charge is 2.37. The van der Waals surface area contributed by atoms with Gasteiger partial charge < -0.3 is 18.9 Å². The topological polar surface area (TPSA) is 36.9 Å². The normalized spacial score (nSPS) is 17.5. The van der Waals surface area contributed by atoms with E-state index in [9.17, 15) is 0 Å². The summed E-state index contributed by atoms with van der Waals surface area (Å²) >= 11 is 0. The Morgan fingerprint density at radius 2 is 0.734 bits per heavy atom. The van der Waals surface area contributed by atoms with Crippen LogP contribution in [0, 0.1) is 96.9 Å². The van der Waals surface area contributed by atoms with E-state index in [2.05, 4.69) is 177 Å². The van der Waals surface area contributed by atoms with Gasteiger partial charge in [-0.25, -0.2) is 0 Å². The van der Waals surface area contributed by atoms with Gasteiger partial charge in [0.2, 0.25) is 0 Å². The summed E-state index contributed by atoms with van der Waals surface area (Å²) in [7, 11) is 0. The van der Waals surface area contributed by atoms with Gasteiger partial charge in [0.25, 0.3) is 0 Å². The number of aryl methyl sites for hydroxylation is 1. The van der Waals surface area contributed by atoms with Crippen molar-refractivity contribution in [2.45, 2.75) is 207 Å². The molecule has 0 bridgehead atoms. The fourth-order valence-electron chi connectivity index (χ4n) is 10.5. The quantitative estimate of drug-likeness (QED) is 0.155. The summed E-state index contributed by atoms with van der Waals surface area (Å²) < 4.78 is 24.3. The van der Waals surface area contributed by atoms with Gasteiger partial charge >= 0.3 is 0 Å². The van der Waals surface area contributed by atoms with Crippen molar-refractivity contribution in [3.05, 3.63) is 124 Å². The van der Waals surface area contributed by atoms with Crippen LogP contribution in [0.15, 0.2) is 24.3 Å². The summed E-state index contributed by atoms with van der Waals surface area (Å²) in [5.74, 6) is 4.54. The maximum absolute atomic E-state index is 6.27. The van der Waals surface area contributed by atoms with Gasteiger partial charge in [-0.05, 0) is 259 Å². The van der Waals surface area contributed by atoms with Crippen LogP contribution < -0.4 is 18.9 Å². The van der Waals surface area contributed by atoms with Crippen molar-refractivity contribution in [2.24, 2.45) is 0 Å². The van der Waals surface area contributed by atoms with Gasteiger partial charge in [-0.1, -0.05) is 38.1 Å². The van der Waals surface area contributed by atoms with Crippen molar-refractivity contribution in [3.63, 3.8) is 0 Å². The minimum Gasteiger partial charge on any atom is -0.492 e. The van der Waals surface area contributed by atoms with E-state index < -0.39 is 0 Å². The van der Waals surface area contributed by atoms with Crippen LogP contribution in [0.25, 0.3) is 10.8 Å². The summed E-state index contributed by atoms with van der Waals surface area (Å²) in [6, 6.07) is 8.59. The van der Waals surface area contributed by atoms with E-state index in [-0.39, 0.29) is 22.2 Å². The lowest BCUT2D eigenvalue weighted by Crippen LogP contribution is -2.33. The highest BCUT2D eigenvalue weighted by Crippen LogP contribution is 2.46. The van der Waals surface area contributed by atoms with Crippen molar-refractivity contribution < 1.29 is 18.9 Å². The molecule has 0 aromatic heterocycles. The van der Waals surface area contributed by atoms with E-state index in [0.717, 1.165) is 61.7 Å². The van der Waals surface area contributed by atoms with Gasteiger partial charge in [0.05, 0.1) is 6.61 Å². The molecular formula is C60H82O4. The Balaban J connectivity index is 0.000000142. The molecule has 0 unspecified atom stereocenters. The highest BCUT2D eigenvalue weighted by atomic mass is 16.5. The summed E-state index contributed by atoms with van der Waals surface area (Å²) in [6.07, 6.45) is 5.52. The molecule has 5 aromatic carbocycles. The molecule has 0 spiro atoms. The number of benzene rings is 5. The Morgan fingerprint density at radius 3 is 1.27 bits per heavy atom. The Kier molecular flexibility index (Phi) is 13.3. The molecule has 64 heavy (non-hydrogen) atoms. The molecule has 5 aromatic rings. The first kappa shape index (κ1) is 49.0. The van der Waals surface area contributed by atoms with Crippen LogP contribution in [-0.2, 0) is 24.7 Å². The van der Waals surface area contributed by atoms with E-state index in [4.69, 9.17) is 18.9 Å². The number of fused-ring (bicyclic) bond motifs is 6. The first-order valence-corrected chi connectivity index (χ1v) is 24.0. The Morgan fingerprint density at radius 1 is 0.359 bits per heavy atom. The van der Waals surface area contributed by atoms with E-state index in [1.165, 1.54) is 111 Å². The smallest absolute Gasteiger partial charge is 0.131 e. The van der Waals surface area contributed by atoms with Crippen LogP contribution in [0.3, 0.4) is 0 Å². The fraction of sp³-hybridized carbons (Fsp3) is 0.533. The molecule has 346 valence electrons. The third kappa shape index (κ3) is 9.06. The highest BCUT2D eigenvalue weighted by molar-refractivity contribution is 5.93. The van der Waals surface area contributed by atoms with E-state index in [1.807, 2.05) is 0 Å². The van der Waals surface area contributed by atoms with Crippen molar-refractivity contribution in [2.75, 3.05) is 6.61 Å². The Hall–Kier alpha value is -4.44. The second kappa shape index (κ2) is 17.4. The summed E-state index contributed by atoms with van der Waals surface area (Å²) in [6.45, 7) is 49.2. The minimum atomic E-state index is -0.0442. The van der Waals surface area contributed by atoms with Crippen molar-refractivity contribution in [1.29, 1.82) is 0 Å². The van der Waals surface area contributed by atoms with E-state index in [1.54, 1.807) is 0 Å². The number of rotatable bonds is 0. The molecule has 0 saturated carbocycles. The van der Waals surface area contributed by atoms with Crippen LogP contribution in [0.5, 0.6) is 23.0 Å². The molecule has 4 heterocycles. The average molecular weight is 867 g/mol. The third-order valence-electron chi connectivity index (χ3n) is 16.0. The molecule has 4 heteroatoms. The first-order chi connectivity index (χ1) is 29.5. The predicted molar refractivity (Wildman–Crippen MR) is 273 cm³/mol. The summed E-state index contributed by atoms with van der Waals surface area (Å²) in [5.41, 5.74) is 25.2. The zero-order valence-electron chi connectivity index (χ0n) is 44.2. The fourth-order valence-corrected chi connectivity index (χ4v) is 10.5. The van der Waals surface area contributed by atoms with E-state index >= 15 is 0 Å². The van der Waals surface area contributed by atoms with Crippen LogP contribution in [-0.4, -0.2) is 23.4 Å². The van der Waals surface area contributed by atoms with E-state index in [0.29, 0.717) is 0 Å². The number of hydrogen-bond donors (Lipinski definition) is 0. The minimum absolute atomic E-state index is 0.00804. The lowest BCUT2D eigenvalue weighted by atomic mass is 9.80. The monoisotopic (exact) mass is 867 g/mol. The zero-order valence-corrected chi connectivity index (χ0v) is 44.2. The molecule has 0 amide bonds. The second-order valence-electron chi connectivity index (χ2n) is 22.4. The molecule has 4 aliphatic rings. The molecule has 9 rings (SSSR count). The van der Waals surface area contributed by atoms with Gasteiger partial charge in [0.1, 0.15) is 39.8 Å². The largest absolute Gasteiger partial charge is 0.492 e. The molecule has 0 saturated heterocycles. The van der Waals surface area contributed by atoms with Crippen molar-refractivity contribution in [1.82, 2.24) is 0 Å². The molecule has 0 radical (unpaired) electrons. The molecule has 4 aliphatic heterocycles. The Labute approximate surface area is 388 Å². The SMILES string of the molecule is Cc1c(C)c(C)c2c(c1C)CC(C)(C)O2.Cc1c(C)c(C)c2c(c1C)CCC(C)(C)O2.Cc1c(C)c(C)c2c(c1C)OCC2(C)C.Cc1c2c(c3ccccc3c1C)OC(C)(C)CC2.